The summed E-state index contributed by atoms with van der Waals surface area (Å²) in [6.45, 7) is 1.89. The highest BCUT2D eigenvalue weighted by atomic mass is 16.1. The van der Waals surface area contributed by atoms with Crippen molar-refractivity contribution < 1.29 is 4.79 Å². The minimum atomic E-state index is -0.229. The van der Waals surface area contributed by atoms with Gasteiger partial charge in [0.2, 0.25) is 5.91 Å². The molecule has 2 aromatic rings. The van der Waals surface area contributed by atoms with Gasteiger partial charge in [0.25, 0.3) is 0 Å². The molecule has 19 heavy (non-hydrogen) atoms. The number of rotatable bonds is 3. The van der Waals surface area contributed by atoms with Crippen molar-refractivity contribution in [2.45, 2.75) is 19.8 Å². The molecule has 1 amide bonds. The quantitative estimate of drug-likeness (QED) is 0.764. The first-order valence-electron chi connectivity index (χ1n) is 6.65. The number of carbonyl (C=O) groups is 1. The van der Waals surface area contributed by atoms with E-state index in [2.05, 4.69) is 42.5 Å². The fraction of sp³-hybridized carbons (Fsp3) is 0.235. The van der Waals surface area contributed by atoms with Crippen LogP contribution in [0.1, 0.15) is 23.6 Å². The van der Waals surface area contributed by atoms with E-state index in [1.807, 2.05) is 6.92 Å². The SMILES string of the molecule is CC(Cc1cccc2c1Cc1ccccc1-2)C(N)=O. The summed E-state index contributed by atoms with van der Waals surface area (Å²) >= 11 is 0. The average Bonchev–Trinajstić information content (AvgIpc) is 2.78. The fourth-order valence-corrected chi connectivity index (χ4v) is 2.85. The topological polar surface area (TPSA) is 43.1 Å². The molecule has 2 nitrogen and oxygen atoms in total. The van der Waals surface area contributed by atoms with E-state index in [0.29, 0.717) is 0 Å². The maximum absolute atomic E-state index is 11.2. The van der Waals surface area contributed by atoms with Crippen LogP contribution in [-0.4, -0.2) is 5.91 Å². The van der Waals surface area contributed by atoms with Gasteiger partial charge in [-0.1, -0.05) is 49.4 Å². The monoisotopic (exact) mass is 251 g/mol. The molecule has 2 heteroatoms. The van der Waals surface area contributed by atoms with Crippen molar-refractivity contribution in [3.05, 3.63) is 59.2 Å². The van der Waals surface area contributed by atoms with E-state index in [-0.39, 0.29) is 11.8 Å². The van der Waals surface area contributed by atoms with Gasteiger partial charge < -0.3 is 5.73 Å². The largest absolute Gasteiger partial charge is 0.369 e. The highest BCUT2D eigenvalue weighted by Crippen LogP contribution is 2.38. The highest BCUT2D eigenvalue weighted by Gasteiger charge is 2.21. The second-order valence-electron chi connectivity index (χ2n) is 5.28. The maximum atomic E-state index is 11.2. The van der Waals surface area contributed by atoms with E-state index in [1.165, 1.54) is 27.8 Å². The fourth-order valence-electron chi connectivity index (χ4n) is 2.85. The summed E-state index contributed by atoms with van der Waals surface area (Å²) in [4.78, 5) is 11.2. The second-order valence-corrected chi connectivity index (χ2v) is 5.28. The molecular weight excluding hydrogens is 234 g/mol. The van der Waals surface area contributed by atoms with Crippen molar-refractivity contribution in [1.82, 2.24) is 0 Å². The minimum absolute atomic E-state index is 0.116. The van der Waals surface area contributed by atoms with E-state index in [9.17, 15) is 4.79 Å². The molecular formula is C17H17NO. The van der Waals surface area contributed by atoms with E-state index < -0.39 is 0 Å². The van der Waals surface area contributed by atoms with Crippen molar-refractivity contribution in [3.8, 4) is 11.1 Å². The summed E-state index contributed by atoms with van der Waals surface area (Å²) in [5.74, 6) is -0.344. The molecule has 2 N–H and O–H groups in total. The first-order chi connectivity index (χ1) is 9.16. The van der Waals surface area contributed by atoms with Gasteiger partial charge >= 0.3 is 0 Å². The van der Waals surface area contributed by atoms with Crippen molar-refractivity contribution in [3.63, 3.8) is 0 Å². The molecule has 0 radical (unpaired) electrons. The van der Waals surface area contributed by atoms with Crippen molar-refractivity contribution >= 4 is 5.91 Å². The normalized spacial score (nSPS) is 13.7. The highest BCUT2D eigenvalue weighted by molar-refractivity contribution is 5.79. The van der Waals surface area contributed by atoms with Crippen LogP contribution < -0.4 is 5.73 Å². The molecule has 0 aliphatic heterocycles. The van der Waals surface area contributed by atoms with Gasteiger partial charge in [0.05, 0.1) is 0 Å². The molecule has 2 aromatic carbocycles. The van der Waals surface area contributed by atoms with Crippen molar-refractivity contribution in [2.75, 3.05) is 0 Å². The van der Waals surface area contributed by atoms with E-state index in [0.717, 1.165) is 12.8 Å². The van der Waals surface area contributed by atoms with Gasteiger partial charge in [-0.25, -0.2) is 0 Å². The Morgan fingerprint density at radius 1 is 1.16 bits per heavy atom. The molecule has 1 aliphatic rings. The zero-order chi connectivity index (χ0) is 13.4. The Morgan fingerprint density at radius 2 is 1.89 bits per heavy atom. The van der Waals surface area contributed by atoms with Crippen molar-refractivity contribution in [1.29, 1.82) is 0 Å². The zero-order valence-corrected chi connectivity index (χ0v) is 11.0. The summed E-state index contributed by atoms with van der Waals surface area (Å²) in [6.07, 6.45) is 1.69. The molecule has 1 atom stereocenters. The molecule has 0 heterocycles. The summed E-state index contributed by atoms with van der Waals surface area (Å²) in [5.41, 5.74) is 12.0. The molecule has 3 rings (SSSR count). The third-order valence-electron chi connectivity index (χ3n) is 3.96. The lowest BCUT2D eigenvalue weighted by molar-refractivity contribution is -0.121. The molecule has 0 bridgehead atoms. The van der Waals surface area contributed by atoms with Gasteiger partial charge in [-0.05, 0) is 40.7 Å². The number of fused-ring (bicyclic) bond motifs is 3. The lowest BCUT2D eigenvalue weighted by Gasteiger charge is -2.11. The molecule has 1 unspecified atom stereocenters. The Hall–Kier alpha value is -2.09. The van der Waals surface area contributed by atoms with E-state index in [1.54, 1.807) is 0 Å². The molecule has 1 aliphatic carbocycles. The first-order valence-corrected chi connectivity index (χ1v) is 6.65. The Labute approximate surface area is 113 Å². The van der Waals surface area contributed by atoms with Crippen LogP contribution in [0, 0.1) is 5.92 Å². The smallest absolute Gasteiger partial charge is 0.220 e. The third kappa shape index (κ3) is 2.03. The Bertz CT molecular complexity index is 645. The number of benzene rings is 2. The number of nitrogens with two attached hydrogens (primary N) is 1. The predicted molar refractivity (Wildman–Crippen MR) is 76.7 cm³/mol. The van der Waals surface area contributed by atoms with Gasteiger partial charge in [0.1, 0.15) is 0 Å². The molecule has 96 valence electrons. The van der Waals surface area contributed by atoms with Crippen LogP contribution >= 0.6 is 0 Å². The summed E-state index contributed by atoms with van der Waals surface area (Å²) < 4.78 is 0. The van der Waals surface area contributed by atoms with Gasteiger partial charge in [0, 0.05) is 5.92 Å². The first kappa shape index (κ1) is 12.0. The number of hydrogen-bond donors (Lipinski definition) is 1. The molecule has 0 spiro atoms. The number of hydrogen-bond acceptors (Lipinski definition) is 1. The Balaban J connectivity index is 2.01. The van der Waals surface area contributed by atoms with Crippen LogP contribution in [0.4, 0.5) is 0 Å². The van der Waals surface area contributed by atoms with Gasteiger partial charge in [-0.2, -0.15) is 0 Å². The van der Waals surface area contributed by atoms with Crippen LogP contribution in [0.25, 0.3) is 11.1 Å². The standard InChI is InChI=1S/C17H17NO/c1-11(17(18)19)9-12-6-4-8-15-14-7-3-2-5-13(14)10-16(12)15/h2-8,11H,9-10H2,1H3,(H2,18,19). The van der Waals surface area contributed by atoms with Gasteiger partial charge in [-0.15, -0.1) is 0 Å². The summed E-state index contributed by atoms with van der Waals surface area (Å²) in [7, 11) is 0. The molecule has 0 aromatic heterocycles. The third-order valence-corrected chi connectivity index (χ3v) is 3.96. The van der Waals surface area contributed by atoms with Crippen LogP contribution in [0.3, 0.4) is 0 Å². The number of amides is 1. The number of carbonyl (C=O) groups excluding carboxylic acids is 1. The minimum Gasteiger partial charge on any atom is -0.369 e. The lowest BCUT2D eigenvalue weighted by atomic mass is 9.93. The van der Waals surface area contributed by atoms with Crippen LogP contribution in [-0.2, 0) is 17.6 Å². The van der Waals surface area contributed by atoms with Gasteiger partial charge in [-0.3, -0.25) is 4.79 Å². The van der Waals surface area contributed by atoms with Crippen LogP contribution in [0.15, 0.2) is 42.5 Å². The van der Waals surface area contributed by atoms with Crippen molar-refractivity contribution in [2.24, 2.45) is 11.7 Å². The Morgan fingerprint density at radius 3 is 2.68 bits per heavy atom. The number of primary amides is 1. The molecule has 0 saturated heterocycles. The van der Waals surface area contributed by atoms with E-state index >= 15 is 0 Å². The lowest BCUT2D eigenvalue weighted by Crippen LogP contribution is -2.22. The summed E-state index contributed by atoms with van der Waals surface area (Å²) in [5, 5.41) is 0. The van der Waals surface area contributed by atoms with Crippen LogP contribution in [0.5, 0.6) is 0 Å². The van der Waals surface area contributed by atoms with Crippen LogP contribution in [0.2, 0.25) is 0 Å². The Kier molecular flexibility index (Phi) is 2.86. The predicted octanol–water partition coefficient (Wildman–Crippen LogP) is 2.92. The zero-order valence-electron chi connectivity index (χ0n) is 11.0. The van der Waals surface area contributed by atoms with E-state index in [4.69, 9.17) is 5.73 Å². The molecule has 0 saturated carbocycles. The second kappa shape index (κ2) is 4.54. The van der Waals surface area contributed by atoms with Gasteiger partial charge in [0.15, 0.2) is 0 Å². The molecule has 0 fully saturated rings. The average molecular weight is 251 g/mol. The maximum Gasteiger partial charge on any atom is 0.220 e. The summed E-state index contributed by atoms with van der Waals surface area (Å²) in [6, 6.07) is 14.9.